The van der Waals surface area contributed by atoms with Crippen LogP contribution in [0, 0.1) is 0 Å². The first kappa shape index (κ1) is 13.1. The van der Waals surface area contributed by atoms with Gasteiger partial charge in [0.05, 0.1) is 5.54 Å². The van der Waals surface area contributed by atoms with Crippen LogP contribution in [-0.4, -0.2) is 11.4 Å². The smallest absolute Gasteiger partial charge is 0.244 e. The van der Waals surface area contributed by atoms with Crippen molar-refractivity contribution in [1.29, 1.82) is 0 Å². The van der Waals surface area contributed by atoms with Gasteiger partial charge in [-0.25, -0.2) is 0 Å². The highest BCUT2D eigenvalue weighted by atomic mass is 32.1. The van der Waals surface area contributed by atoms with Gasteiger partial charge in [0.25, 0.3) is 0 Å². The van der Waals surface area contributed by atoms with E-state index < -0.39 is 5.54 Å². The normalized spacial score (nSPS) is 11.7. The second kappa shape index (κ2) is 5.08. The van der Waals surface area contributed by atoms with Gasteiger partial charge in [-0.05, 0) is 47.9 Å². The third-order valence-electron chi connectivity index (χ3n) is 3.42. The van der Waals surface area contributed by atoms with Crippen LogP contribution in [0.4, 0.5) is 5.69 Å². The Balaban J connectivity index is 2.20. The summed E-state index contributed by atoms with van der Waals surface area (Å²) >= 11 is 1.69. The molecule has 3 N–H and O–H groups in total. The summed E-state index contributed by atoms with van der Waals surface area (Å²) in [5.41, 5.74) is 6.10. The molecule has 0 saturated carbocycles. The van der Waals surface area contributed by atoms with Crippen LogP contribution < -0.4 is 11.1 Å². The average molecular weight is 262 g/mol. The molecule has 0 atom stereocenters. The van der Waals surface area contributed by atoms with Gasteiger partial charge in [0.15, 0.2) is 0 Å². The molecule has 0 aliphatic carbocycles. The molecule has 0 saturated heterocycles. The number of amides is 1. The van der Waals surface area contributed by atoms with E-state index >= 15 is 0 Å². The quantitative estimate of drug-likeness (QED) is 0.887. The Labute approximate surface area is 111 Å². The van der Waals surface area contributed by atoms with Gasteiger partial charge < -0.3 is 11.1 Å². The van der Waals surface area contributed by atoms with Crippen LogP contribution >= 0.6 is 11.3 Å². The number of fused-ring (bicyclic) bond motifs is 1. The van der Waals surface area contributed by atoms with Gasteiger partial charge in [-0.2, -0.15) is 0 Å². The monoisotopic (exact) mass is 262 g/mol. The topological polar surface area (TPSA) is 55.1 Å². The van der Waals surface area contributed by atoms with Crippen molar-refractivity contribution in [3.8, 4) is 0 Å². The van der Waals surface area contributed by atoms with E-state index in [1.54, 1.807) is 11.3 Å². The molecule has 1 amide bonds. The van der Waals surface area contributed by atoms with E-state index in [1.807, 2.05) is 43.5 Å². The van der Waals surface area contributed by atoms with Crippen molar-refractivity contribution >= 4 is 33.0 Å². The number of rotatable bonds is 4. The zero-order valence-electron chi connectivity index (χ0n) is 10.7. The van der Waals surface area contributed by atoms with Gasteiger partial charge in [0, 0.05) is 10.4 Å². The first-order valence-electron chi connectivity index (χ1n) is 6.16. The van der Waals surface area contributed by atoms with E-state index in [1.165, 1.54) is 4.70 Å². The highest BCUT2D eigenvalue weighted by molar-refractivity contribution is 7.17. The third-order valence-corrected chi connectivity index (χ3v) is 4.32. The minimum atomic E-state index is -0.774. The van der Waals surface area contributed by atoms with Crippen LogP contribution in [0.1, 0.15) is 26.7 Å². The van der Waals surface area contributed by atoms with Crippen LogP contribution in [0.2, 0.25) is 0 Å². The van der Waals surface area contributed by atoms with Crippen molar-refractivity contribution in [3.05, 3.63) is 29.6 Å². The Hall–Kier alpha value is -1.39. The van der Waals surface area contributed by atoms with Crippen LogP contribution in [0.5, 0.6) is 0 Å². The van der Waals surface area contributed by atoms with Gasteiger partial charge in [-0.1, -0.05) is 13.8 Å². The maximum atomic E-state index is 12.1. The molecule has 0 radical (unpaired) electrons. The van der Waals surface area contributed by atoms with E-state index in [0.29, 0.717) is 12.8 Å². The lowest BCUT2D eigenvalue weighted by Gasteiger charge is -2.25. The summed E-state index contributed by atoms with van der Waals surface area (Å²) in [6.45, 7) is 3.87. The Morgan fingerprint density at radius 3 is 2.72 bits per heavy atom. The fraction of sp³-hybridized carbons (Fsp3) is 0.357. The molecule has 1 aromatic carbocycles. The molecule has 18 heavy (non-hydrogen) atoms. The Kier molecular flexibility index (Phi) is 3.68. The van der Waals surface area contributed by atoms with Crippen molar-refractivity contribution in [1.82, 2.24) is 0 Å². The number of hydrogen-bond donors (Lipinski definition) is 2. The molecule has 3 nitrogen and oxygen atoms in total. The second-order valence-electron chi connectivity index (χ2n) is 4.49. The van der Waals surface area contributed by atoms with Gasteiger partial charge in [0.2, 0.25) is 5.91 Å². The first-order valence-corrected chi connectivity index (χ1v) is 7.04. The summed E-state index contributed by atoms with van der Waals surface area (Å²) in [6, 6.07) is 7.97. The van der Waals surface area contributed by atoms with Gasteiger partial charge in [-0.15, -0.1) is 11.3 Å². The molecule has 96 valence electrons. The Morgan fingerprint density at radius 2 is 2.06 bits per heavy atom. The number of nitrogens with two attached hydrogens (primary N) is 1. The minimum Gasteiger partial charge on any atom is -0.324 e. The Morgan fingerprint density at radius 1 is 1.33 bits per heavy atom. The summed E-state index contributed by atoms with van der Waals surface area (Å²) < 4.78 is 1.22. The summed E-state index contributed by atoms with van der Waals surface area (Å²) in [7, 11) is 0. The van der Waals surface area contributed by atoms with Crippen molar-refractivity contribution in [3.63, 3.8) is 0 Å². The second-order valence-corrected chi connectivity index (χ2v) is 5.44. The summed E-state index contributed by atoms with van der Waals surface area (Å²) in [6.07, 6.45) is 1.27. The molecule has 2 aromatic rings. The maximum Gasteiger partial charge on any atom is 0.244 e. The van der Waals surface area contributed by atoms with E-state index in [9.17, 15) is 4.79 Å². The Bertz CT molecular complexity index is 558. The van der Waals surface area contributed by atoms with E-state index in [0.717, 1.165) is 11.1 Å². The molecule has 0 aliphatic rings. The molecule has 0 spiro atoms. The van der Waals surface area contributed by atoms with Gasteiger partial charge in [-0.3, -0.25) is 4.79 Å². The highest BCUT2D eigenvalue weighted by Gasteiger charge is 2.29. The van der Waals surface area contributed by atoms with Crippen LogP contribution in [0.25, 0.3) is 10.1 Å². The van der Waals surface area contributed by atoms with Crippen molar-refractivity contribution in [2.24, 2.45) is 5.73 Å². The van der Waals surface area contributed by atoms with Crippen LogP contribution in [0.3, 0.4) is 0 Å². The molecule has 0 unspecified atom stereocenters. The van der Waals surface area contributed by atoms with Crippen LogP contribution in [0.15, 0.2) is 29.6 Å². The lowest BCUT2D eigenvalue weighted by atomic mass is 9.93. The predicted molar refractivity (Wildman–Crippen MR) is 78.0 cm³/mol. The zero-order chi connectivity index (χ0) is 13.2. The number of hydrogen-bond acceptors (Lipinski definition) is 3. The predicted octanol–water partition coefficient (Wildman–Crippen LogP) is 3.36. The van der Waals surface area contributed by atoms with E-state index in [2.05, 4.69) is 5.32 Å². The number of carbonyl (C=O) groups is 1. The fourth-order valence-electron chi connectivity index (χ4n) is 1.87. The first-order chi connectivity index (χ1) is 8.59. The van der Waals surface area contributed by atoms with E-state index in [-0.39, 0.29) is 5.91 Å². The molecule has 1 aromatic heterocycles. The molecule has 4 heteroatoms. The lowest BCUT2D eigenvalue weighted by molar-refractivity contribution is -0.121. The summed E-state index contributed by atoms with van der Waals surface area (Å²) in [5, 5.41) is 6.10. The molecule has 0 bridgehead atoms. The molecule has 2 rings (SSSR count). The highest BCUT2D eigenvalue weighted by Crippen LogP contribution is 2.24. The van der Waals surface area contributed by atoms with Crippen molar-refractivity contribution in [2.45, 2.75) is 32.2 Å². The lowest BCUT2D eigenvalue weighted by Crippen LogP contribution is -2.50. The summed E-state index contributed by atoms with van der Waals surface area (Å²) in [5.74, 6) is -0.109. The number of benzene rings is 1. The number of anilines is 1. The third kappa shape index (κ3) is 2.40. The van der Waals surface area contributed by atoms with Gasteiger partial charge in [0.1, 0.15) is 0 Å². The standard InChI is InChI=1S/C14H18N2OS/c1-3-14(15,4-2)13(17)16-11-5-6-12-10(9-11)7-8-18-12/h5-9H,3-4,15H2,1-2H3,(H,16,17). The van der Waals surface area contributed by atoms with Crippen LogP contribution in [-0.2, 0) is 4.79 Å². The largest absolute Gasteiger partial charge is 0.324 e. The molecule has 1 heterocycles. The van der Waals surface area contributed by atoms with E-state index in [4.69, 9.17) is 5.73 Å². The fourth-order valence-corrected chi connectivity index (χ4v) is 2.64. The number of thiophene rings is 1. The SMILES string of the molecule is CCC(N)(CC)C(=O)Nc1ccc2sccc2c1. The molecular weight excluding hydrogens is 244 g/mol. The van der Waals surface area contributed by atoms with Crippen molar-refractivity contribution < 1.29 is 4.79 Å². The average Bonchev–Trinajstić information content (AvgIpc) is 2.85. The summed E-state index contributed by atoms with van der Waals surface area (Å²) in [4.78, 5) is 12.1. The minimum absolute atomic E-state index is 0.109. The molecule has 0 aliphatic heterocycles. The van der Waals surface area contributed by atoms with Crippen molar-refractivity contribution in [2.75, 3.05) is 5.32 Å². The molecular formula is C14H18N2OS. The molecule has 0 fully saturated rings. The van der Waals surface area contributed by atoms with Gasteiger partial charge >= 0.3 is 0 Å². The maximum absolute atomic E-state index is 12.1. The number of carbonyl (C=O) groups excluding carboxylic acids is 1. The number of nitrogens with one attached hydrogen (secondary N) is 1. The zero-order valence-corrected chi connectivity index (χ0v) is 11.5.